The lowest BCUT2D eigenvalue weighted by molar-refractivity contribution is 0.265. The highest BCUT2D eigenvalue weighted by Crippen LogP contribution is 2.32. The van der Waals surface area contributed by atoms with Crippen molar-refractivity contribution in [3.05, 3.63) is 39.5 Å². The number of benzene rings is 1. The standard InChI is InChI=1S/C16H19ClN2S/c1-3-19-5-4-15-13(8-19)14(9-20)12-7-11(17)6-10(2)16(12)18-15/h6-7,20H,3-5,8-9H2,1-2H3. The fraction of sp³-hybridized carbons (Fsp3) is 0.438. The van der Waals surface area contributed by atoms with Crippen LogP contribution in [0.4, 0.5) is 0 Å². The predicted octanol–water partition coefficient (Wildman–Crippen LogP) is 4.00. The van der Waals surface area contributed by atoms with Crippen LogP contribution in [-0.4, -0.2) is 23.0 Å². The van der Waals surface area contributed by atoms with E-state index in [1.807, 2.05) is 12.1 Å². The monoisotopic (exact) mass is 306 g/mol. The zero-order chi connectivity index (χ0) is 14.3. The summed E-state index contributed by atoms with van der Waals surface area (Å²) in [4.78, 5) is 7.37. The molecule has 1 aromatic heterocycles. The van der Waals surface area contributed by atoms with Crippen LogP contribution in [0.5, 0.6) is 0 Å². The molecule has 2 aromatic rings. The molecule has 0 saturated carbocycles. The predicted molar refractivity (Wildman–Crippen MR) is 88.8 cm³/mol. The lowest BCUT2D eigenvalue weighted by Gasteiger charge is -2.29. The molecule has 3 rings (SSSR count). The second-order valence-corrected chi connectivity index (χ2v) is 6.16. The van der Waals surface area contributed by atoms with E-state index in [1.54, 1.807) is 0 Å². The van der Waals surface area contributed by atoms with Gasteiger partial charge in [0.1, 0.15) is 0 Å². The third-order valence-electron chi connectivity index (χ3n) is 4.20. The smallest absolute Gasteiger partial charge is 0.0738 e. The second kappa shape index (κ2) is 5.55. The minimum Gasteiger partial charge on any atom is -0.299 e. The highest BCUT2D eigenvalue weighted by atomic mass is 35.5. The number of nitrogens with zero attached hydrogens (tertiary/aromatic N) is 2. The summed E-state index contributed by atoms with van der Waals surface area (Å²) < 4.78 is 0. The van der Waals surface area contributed by atoms with E-state index >= 15 is 0 Å². The number of aryl methyl sites for hydroxylation is 1. The van der Waals surface area contributed by atoms with Gasteiger partial charge in [0.15, 0.2) is 0 Å². The molecule has 0 atom stereocenters. The first-order valence-corrected chi connectivity index (χ1v) is 8.08. The van der Waals surface area contributed by atoms with Gasteiger partial charge >= 0.3 is 0 Å². The zero-order valence-electron chi connectivity index (χ0n) is 11.9. The molecule has 1 aliphatic heterocycles. The molecule has 1 aliphatic rings. The van der Waals surface area contributed by atoms with Crippen molar-refractivity contribution in [1.82, 2.24) is 9.88 Å². The summed E-state index contributed by atoms with van der Waals surface area (Å²) in [6.07, 6.45) is 1.03. The third-order valence-corrected chi connectivity index (χ3v) is 4.74. The Hall–Kier alpha value is -0.770. The summed E-state index contributed by atoms with van der Waals surface area (Å²) in [7, 11) is 0. The van der Waals surface area contributed by atoms with Gasteiger partial charge < -0.3 is 0 Å². The Kier molecular flexibility index (Phi) is 3.93. The fourth-order valence-electron chi connectivity index (χ4n) is 3.06. The minimum absolute atomic E-state index is 0.735. The Bertz CT molecular complexity index is 669. The number of fused-ring (bicyclic) bond motifs is 2. The van der Waals surface area contributed by atoms with Crippen LogP contribution in [0.1, 0.15) is 29.3 Å². The number of rotatable bonds is 2. The van der Waals surface area contributed by atoms with Crippen molar-refractivity contribution < 1.29 is 0 Å². The van der Waals surface area contributed by atoms with E-state index in [2.05, 4.69) is 31.4 Å². The van der Waals surface area contributed by atoms with Crippen molar-refractivity contribution >= 4 is 35.1 Å². The molecule has 1 aromatic carbocycles. The molecule has 0 radical (unpaired) electrons. The molecule has 0 amide bonds. The van der Waals surface area contributed by atoms with Crippen molar-refractivity contribution in [1.29, 1.82) is 0 Å². The van der Waals surface area contributed by atoms with Crippen LogP contribution >= 0.6 is 24.2 Å². The van der Waals surface area contributed by atoms with Crippen molar-refractivity contribution in [2.45, 2.75) is 32.6 Å². The number of pyridine rings is 1. The summed E-state index contributed by atoms with van der Waals surface area (Å²) in [6.45, 7) is 7.45. The molecule has 0 fully saturated rings. The van der Waals surface area contributed by atoms with Gasteiger partial charge in [-0.1, -0.05) is 18.5 Å². The van der Waals surface area contributed by atoms with Crippen molar-refractivity contribution in [3.63, 3.8) is 0 Å². The van der Waals surface area contributed by atoms with Crippen molar-refractivity contribution in [3.8, 4) is 0 Å². The van der Waals surface area contributed by atoms with Crippen LogP contribution in [0.25, 0.3) is 10.9 Å². The number of halogens is 1. The van der Waals surface area contributed by atoms with Crippen molar-refractivity contribution in [2.24, 2.45) is 0 Å². The Labute approximate surface area is 130 Å². The van der Waals surface area contributed by atoms with Gasteiger partial charge in [-0.3, -0.25) is 9.88 Å². The molecule has 0 saturated heterocycles. The number of hydrogen-bond donors (Lipinski definition) is 1. The van der Waals surface area contributed by atoms with Gasteiger partial charge in [-0.2, -0.15) is 12.6 Å². The SMILES string of the molecule is CCN1CCc2nc3c(C)cc(Cl)cc3c(CS)c2C1. The maximum atomic E-state index is 6.23. The first-order chi connectivity index (χ1) is 9.63. The average Bonchev–Trinajstić information content (AvgIpc) is 2.44. The number of aromatic nitrogens is 1. The van der Waals surface area contributed by atoms with E-state index in [0.29, 0.717) is 0 Å². The molecule has 0 N–H and O–H groups in total. The van der Waals surface area contributed by atoms with Crippen molar-refractivity contribution in [2.75, 3.05) is 13.1 Å². The highest BCUT2D eigenvalue weighted by Gasteiger charge is 2.21. The van der Waals surface area contributed by atoms with E-state index in [9.17, 15) is 0 Å². The van der Waals surface area contributed by atoms with Gasteiger partial charge in [-0.25, -0.2) is 0 Å². The molecule has 0 spiro atoms. The molecular formula is C16H19ClN2S. The van der Waals surface area contributed by atoms with E-state index in [4.69, 9.17) is 16.6 Å². The highest BCUT2D eigenvalue weighted by molar-refractivity contribution is 7.79. The normalized spacial score (nSPS) is 15.6. The maximum Gasteiger partial charge on any atom is 0.0738 e. The maximum absolute atomic E-state index is 6.23. The van der Waals surface area contributed by atoms with E-state index in [0.717, 1.165) is 47.9 Å². The molecule has 20 heavy (non-hydrogen) atoms. The summed E-state index contributed by atoms with van der Waals surface area (Å²) in [6, 6.07) is 4.03. The largest absolute Gasteiger partial charge is 0.299 e. The summed E-state index contributed by atoms with van der Waals surface area (Å²) in [5, 5.41) is 1.95. The van der Waals surface area contributed by atoms with E-state index < -0.39 is 0 Å². The third kappa shape index (κ3) is 2.32. The van der Waals surface area contributed by atoms with E-state index in [-0.39, 0.29) is 0 Å². The first-order valence-electron chi connectivity index (χ1n) is 7.07. The Morgan fingerprint density at radius 2 is 2.20 bits per heavy atom. The zero-order valence-corrected chi connectivity index (χ0v) is 13.6. The first kappa shape index (κ1) is 14.2. The summed E-state index contributed by atoms with van der Waals surface area (Å²) in [5.74, 6) is 0.735. The Balaban J connectivity index is 2.28. The molecule has 106 valence electrons. The fourth-order valence-corrected chi connectivity index (χ4v) is 3.70. The Morgan fingerprint density at radius 3 is 2.90 bits per heavy atom. The molecule has 2 nitrogen and oxygen atoms in total. The molecule has 0 aliphatic carbocycles. The number of hydrogen-bond acceptors (Lipinski definition) is 3. The topological polar surface area (TPSA) is 16.1 Å². The molecule has 2 heterocycles. The minimum atomic E-state index is 0.735. The van der Waals surface area contributed by atoms with Crippen LogP contribution in [0.2, 0.25) is 5.02 Å². The van der Waals surface area contributed by atoms with Crippen LogP contribution < -0.4 is 0 Å². The van der Waals surface area contributed by atoms with Crippen LogP contribution in [-0.2, 0) is 18.7 Å². The van der Waals surface area contributed by atoms with Gasteiger partial charge in [0.05, 0.1) is 5.52 Å². The van der Waals surface area contributed by atoms with Gasteiger partial charge in [0, 0.05) is 41.4 Å². The van der Waals surface area contributed by atoms with Gasteiger partial charge in [-0.05, 0) is 42.3 Å². The molecule has 0 unspecified atom stereocenters. The van der Waals surface area contributed by atoms with E-state index in [1.165, 1.54) is 22.2 Å². The molecule has 4 heteroatoms. The molecule has 0 bridgehead atoms. The lowest BCUT2D eigenvalue weighted by atomic mass is 9.95. The van der Waals surface area contributed by atoms with Crippen LogP contribution in [0, 0.1) is 6.92 Å². The summed E-state index contributed by atoms with van der Waals surface area (Å²) >= 11 is 10.8. The van der Waals surface area contributed by atoms with Crippen LogP contribution in [0.3, 0.4) is 0 Å². The van der Waals surface area contributed by atoms with Gasteiger partial charge in [0.25, 0.3) is 0 Å². The number of likely N-dealkylation sites (N-methyl/N-ethyl adjacent to an activating group) is 1. The second-order valence-electron chi connectivity index (χ2n) is 5.41. The van der Waals surface area contributed by atoms with Crippen LogP contribution in [0.15, 0.2) is 12.1 Å². The van der Waals surface area contributed by atoms with Gasteiger partial charge in [0.2, 0.25) is 0 Å². The number of thiol groups is 1. The quantitative estimate of drug-likeness (QED) is 0.844. The Morgan fingerprint density at radius 1 is 1.40 bits per heavy atom. The van der Waals surface area contributed by atoms with Gasteiger partial charge in [-0.15, -0.1) is 0 Å². The molecular weight excluding hydrogens is 288 g/mol. The average molecular weight is 307 g/mol. The lowest BCUT2D eigenvalue weighted by Crippen LogP contribution is -2.31. The summed E-state index contributed by atoms with van der Waals surface area (Å²) in [5.41, 5.74) is 6.15.